The molecule has 1 heterocycles. The van der Waals surface area contributed by atoms with Crippen molar-refractivity contribution in [2.24, 2.45) is 0 Å². The Balaban J connectivity index is 2.14. The van der Waals surface area contributed by atoms with Crippen molar-refractivity contribution in [2.75, 3.05) is 11.1 Å². The van der Waals surface area contributed by atoms with E-state index in [9.17, 15) is 0 Å². The third-order valence-corrected chi connectivity index (χ3v) is 4.10. The molecule has 0 bridgehead atoms. The van der Waals surface area contributed by atoms with Crippen LogP contribution in [-0.4, -0.2) is 4.37 Å². The van der Waals surface area contributed by atoms with Crippen LogP contribution in [0.4, 0.5) is 10.8 Å². The fourth-order valence-electron chi connectivity index (χ4n) is 1.51. The van der Waals surface area contributed by atoms with Crippen molar-refractivity contribution in [2.45, 2.75) is 19.9 Å². The van der Waals surface area contributed by atoms with Gasteiger partial charge in [-0.25, -0.2) is 0 Å². The van der Waals surface area contributed by atoms with Crippen molar-refractivity contribution in [3.63, 3.8) is 0 Å². The molecule has 1 aromatic carbocycles. The number of anilines is 2. The van der Waals surface area contributed by atoms with Crippen molar-refractivity contribution in [3.8, 4) is 0 Å². The van der Waals surface area contributed by atoms with Crippen LogP contribution in [0.1, 0.15) is 24.1 Å². The second kappa shape index (κ2) is 5.06. The van der Waals surface area contributed by atoms with Crippen LogP contribution in [0.3, 0.4) is 0 Å². The highest BCUT2D eigenvalue weighted by Crippen LogP contribution is 2.29. The second-order valence-electron chi connectivity index (χ2n) is 3.94. The van der Waals surface area contributed by atoms with Crippen LogP contribution < -0.4 is 11.1 Å². The average Bonchev–Trinajstić information content (AvgIpc) is 2.62. The minimum atomic E-state index is 0.238. The maximum atomic E-state index is 5.73. The third-order valence-electron chi connectivity index (χ3n) is 2.68. The summed E-state index contributed by atoms with van der Waals surface area (Å²) in [5.74, 6) is 0.612. The van der Waals surface area contributed by atoms with E-state index in [-0.39, 0.29) is 6.04 Å². The molecule has 1 aromatic heterocycles. The topological polar surface area (TPSA) is 50.9 Å². The summed E-state index contributed by atoms with van der Waals surface area (Å²) >= 11 is 4.84. The average molecular weight is 312 g/mol. The molecule has 0 aliphatic rings. The van der Waals surface area contributed by atoms with E-state index in [4.69, 9.17) is 5.73 Å². The number of hydrogen-bond donors (Lipinski definition) is 2. The van der Waals surface area contributed by atoms with Crippen molar-refractivity contribution < 1.29 is 0 Å². The van der Waals surface area contributed by atoms with Crippen LogP contribution in [0.2, 0.25) is 0 Å². The van der Waals surface area contributed by atoms with E-state index in [0.29, 0.717) is 5.82 Å². The molecule has 0 aliphatic heterocycles. The molecule has 1 atom stereocenters. The summed E-state index contributed by atoms with van der Waals surface area (Å²) < 4.78 is 5.22. The molecule has 90 valence electrons. The standard InChI is InChI=1S/C12H14BrN3S/c1-7-11(14)16-17-12(7)15-8(2)9-3-5-10(13)6-4-9/h3-6,8,15H,1-2H3,(H2,14,16). The molecule has 5 heteroatoms. The molecule has 0 amide bonds. The molecule has 0 saturated carbocycles. The maximum absolute atomic E-state index is 5.73. The number of nitrogens with two attached hydrogens (primary N) is 1. The summed E-state index contributed by atoms with van der Waals surface area (Å²) in [5, 5.41) is 4.47. The van der Waals surface area contributed by atoms with Crippen LogP contribution >= 0.6 is 27.5 Å². The van der Waals surface area contributed by atoms with Crippen LogP contribution in [0, 0.1) is 6.92 Å². The number of halogens is 1. The first-order valence-corrected chi connectivity index (χ1v) is 6.88. The normalized spacial score (nSPS) is 12.4. The molecule has 1 unspecified atom stereocenters. The van der Waals surface area contributed by atoms with Gasteiger partial charge in [-0.15, -0.1) is 0 Å². The Labute approximate surface area is 113 Å². The zero-order valence-electron chi connectivity index (χ0n) is 9.70. The highest BCUT2D eigenvalue weighted by atomic mass is 79.9. The molecule has 0 saturated heterocycles. The van der Waals surface area contributed by atoms with Crippen LogP contribution in [-0.2, 0) is 0 Å². The smallest absolute Gasteiger partial charge is 0.142 e. The van der Waals surface area contributed by atoms with Crippen molar-refractivity contribution in [1.82, 2.24) is 4.37 Å². The number of benzene rings is 1. The lowest BCUT2D eigenvalue weighted by Crippen LogP contribution is -2.06. The lowest BCUT2D eigenvalue weighted by atomic mass is 10.1. The largest absolute Gasteiger partial charge is 0.383 e. The van der Waals surface area contributed by atoms with E-state index in [0.717, 1.165) is 15.0 Å². The Hall–Kier alpha value is -1.07. The Morgan fingerprint density at radius 2 is 2.00 bits per heavy atom. The number of aromatic nitrogens is 1. The summed E-state index contributed by atoms with van der Waals surface area (Å²) in [6, 6.07) is 8.52. The van der Waals surface area contributed by atoms with Crippen LogP contribution in [0.25, 0.3) is 0 Å². The molecule has 2 aromatic rings. The van der Waals surface area contributed by atoms with Gasteiger partial charge in [0.25, 0.3) is 0 Å². The minimum Gasteiger partial charge on any atom is -0.383 e. The van der Waals surface area contributed by atoms with Gasteiger partial charge in [0.15, 0.2) is 0 Å². The minimum absolute atomic E-state index is 0.238. The van der Waals surface area contributed by atoms with Gasteiger partial charge in [0, 0.05) is 16.1 Å². The lowest BCUT2D eigenvalue weighted by Gasteiger charge is -2.14. The van der Waals surface area contributed by atoms with E-state index < -0.39 is 0 Å². The monoisotopic (exact) mass is 311 g/mol. The van der Waals surface area contributed by atoms with Crippen molar-refractivity contribution in [1.29, 1.82) is 0 Å². The van der Waals surface area contributed by atoms with E-state index in [1.54, 1.807) is 0 Å². The molecule has 0 fully saturated rings. The van der Waals surface area contributed by atoms with Crippen molar-refractivity contribution >= 4 is 38.3 Å². The fourth-order valence-corrected chi connectivity index (χ4v) is 2.58. The predicted octanol–water partition coefficient (Wildman–Crippen LogP) is 3.97. The molecular formula is C12H14BrN3S. The van der Waals surface area contributed by atoms with Gasteiger partial charge in [0.05, 0.1) is 0 Å². The van der Waals surface area contributed by atoms with E-state index in [2.05, 4.69) is 44.7 Å². The number of nitrogens with zero attached hydrogens (tertiary/aromatic N) is 1. The van der Waals surface area contributed by atoms with Crippen LogP contribution in [0.15, 0.2) is 28.7 Å². The van der Waals surface area contributed by atoms with Gasteiger partial charge in [-0.05, 0) is 43.1 Å². The first-order valence-electron chi connectivity index (χ1n) is 5.31. The number of nitrogens with one attached hydrogen (secondary N) is 1. The lowest BCUT2D eigenvalue weighted by molar-refractivity contribution is 0.887. The van der Waals surface area contributed by atoms with Crippen LogP contribution in [0.5, 0.6) is 0 Å². The number of rotatable bonds is 3. The highest BCUT2D eigenvalue weighted by Gasteiger charge is 2.10. The molecule has 2 rings (SSSR count). The quantitative estimate of drug-likeness (QED) is 0.901. The molecule has 3 N–H and O–H groups in total. The fraction of sp³-hybridized carbons (Fsp3) is 0.250. The van der Waals surface area contributed by atoms with E-state index in [1.807, 2.05) is 19.1 Å². The maximum Gasteiger partial charge on any atom is 0.142 e. The molecule has 0 spiro atoms. The third kappa shape index (κ3) is 2.79. The van der Waals surface area contributed by atoms with Gasteiger partial charge in [-0.2, -0.15) is 4.37 Å². The predicted molar refractivity (Wildman–Crippen MR) is 77.4 cm³/mol. The second-order valence-corrected chi connectivity index (χ2v) is 5.63. The van der Waals surface area contributed by atoms with Gasteiger partial charge in [-0.1, -0.05) is 28.1 Å². The summed E-state index contributed by atoms with van der Waals surface area (Å²) in [6.07, 6.45) is 0. The van der Waals surface area contributed by atoms with Gasteiger partial charge in [0.1, 0.15) is 10.8 Å². The Morgan fingerprint density at radius 3 is 2.53 bits per heavy atom. The summed E-state index contributed by atoms with van der Waals surface area (Å²) in [5.41, 5.74) is 7.99. The van der Waals surface area contributed by atoms with E-state index in [1.165, 1.54) is 17.1 Å². The Bertz CT molecular complexity index is 507. The zero-order chi connectivity index (χ0) is 12.4. The number of nitrogen functional groups attached to an aromatic ring is 1. The highest BCUT2D eigenvalue weighted by molar-refractivity contribution is 9.10. The van der Waals surface area contributed by atoms with Gasteiger partial charge in [0.2, 0.25) is 0 Å². The van der Waals surface area contributed by atoms with E-state index >= 15 is 0 Å². The SMILES string of the molecule is Cc1c(N)nsc1NC(C)c1ccc(Br)cc1. The Morgan fingerprint density at radius 1 is 1.35 bits per heavy atom. The Kier molecular flexibility index (Phi) is 3.69. The molecule has 17 heavy (non-hydrogen) atoms. The zero-order valence-corrected chi connectivity index (χ0v) is 12.1. The van der Waals surface area contributed by atoms with Gasteiger partial charge < -0.3 is 11.1 Å². The summed E-state index contributed by atoms with van der Waals surface area (Å²) in [7, 11) is 0. The molecular weight excluding hydrogens is 298 g/mol. The molecule has 0 radical (unpaired) electrons. The summed E-state index contributed by atoms with van der Waals surface area (Å²) in [6.45, 7) is 4.11. The number of hydrogen-bond acceptors (Lipinski definition) is 4. The van der Waals surface area contributed by atoms with Gasteiger partial charge >= 0.3 is 0 Å². The first-order chi connectivity index (χ1) is 8.08. The molecule has 3 nitrogen and oxygen atoms in total. The summed E-state index contributed by atoms with van der Waals surface area (Å²) in [4.78, 5) is 0. The van der Waals surface area contributed by atoms with Gasteiger partial charge in [-0.3, -0.25) is 0 Å². The first kappa shape index (κ1) is 12.4. The molecule has 0 aliphatic carbocycles. The van der Waals surface area contributed by atoms with Crippen molar-refractivity contribution in [3.05, 3.63) is 39.9 Å².